The van der Waals surface area contributed by atoms with E-state index < -0.39 is 12.8 Å². The maximum atomic E-state index is 12.6. The molecule has 0 aliphatic rings. The van der Waals surface area contributed by atoms with Gasteiger partial charge in [-0.15, -0.1) is 0 Å². The van der Waals surface area contributed by atoms with Gasteiger partial charge in [0.25, 0.3) is 0 Å². The lowest BCUT2D eigenvalue weighted by molar-refractivity contribution is 0.189. The Morgan fingerprint density at radius 2 is 1.71 bits per heavy atom. The van der Waals surface area contributed by atoms with Crippen LogP contribution in [0.1, 0.15) is 33.3 Å². The second-order valence-corrected chi connectivity index (χ2v) is 7.70. The van der Waals surface area contributed by atoms with Crippen LogP contribution in [-0.2, 0) is 20.2 Å². The molecule has 0 saturated heterocycles. The van der Waals surface area contributed by atoms with Gasteiger partial charge in [0.05, 0.1) is 18.4 Å². The van der Waals surface area contributed by atoms with E-state index in [0.717, 1.165) is 5.56 Å². The molecule has 1 aromatic rings. The van der Waals surface area contributed by atoms with E-state index in [4.69, 9.17) is 9.05 Å². The van der Waals surface area contributed by atoms with Gasteiger partial charge in [0.2, 0.25) is 0 Å². The summed E-state index contributed by atoms with van der Waals surface area (Å²) in [6.07, 6.45) is 0. The van der Waals surface area contributed by atoms with Crippen molar-refractivity contribution < 1.29 is 13.6 Å². The van der Waals surface area contributed by atoms with Gasteiger partial charge in [-0.3, -0.25) is 4.57 Å². The maximum Gasteiger partial charge on any atom is 0.336 e. The first-order valence-corrected chi connectivity index (χ1v) is 7.36. The fraction of sp³-hybridized carbons (Fsp3) is 0.538. The predicted molar refractivity (Wildman–Crippen MR) is 70.2 cm³/mol. The number of benzene rings is 1. The van der Waals surface area contributed by atoms with Crippen molar-refractivity contribution in [3.63, 3.8) is 0 Å². The smallest absolute Gasteiger partial charge is 0.308 e. The highest BCUT2D eigenvalue weighted by molar-refractivity contribution is 7.55. The van der Waals surface area contributed by atoms with Crippen molar-refractivity contribution in [1.82, 2.24) is 0 Å². The molecule has 0 aliphatic carbocycles. The Kier molecular flexibility index (Phi) is 4.93. The second kappa shape index (κ2) is 5.81. The lowest BCUT2D eigenvalue weighted by Crippen LogP contribution is -2.18. The number of hydrogen-bond donors (Lipinski definition) is 0. The van der Waals surface area contributed by atoms with E-state index in [1.54, 1.807) is 0 Å². The van der Waals surface area contributed by atoms with Crippen molar-refractivity contribution in [2.45, 2.75) is 39.5 Å². The van der Waals surface area contributed by atoms with Gasteiger partial charge in [-0.2, -0.15) is 0 Å². The van der Waals surface area contributed by atoms with E-state index in [1.807, 2.05) is 58.0 Å². The van der Waals surface area contributed by atoms with Crippen molar-refractivity contribution in [1.29, 1.82) is 0 Å². The maximum absolute atomic E-state index is 12.6. The third-order valence-corrected chi connectivity index (χ3v) is 5.07. The minimum atomic E-state index is -3.07. The third-order valence-electron chi connectivity index (χ3n) is 2.36. The summed E-state index contributed by atoms with van der Waals surface area (Å²) in [5.41, 5.74) is 0.997. The standard InChI is InChI=1S/C13H21O3P/c1-5-15-17(14,13(2,3)4)16-11-12-9-7-6-8-10-12/h6-10H,5,11H2,1-4H3. The monoisotopic (exact) mass is 256 g/mol. The predicted octanol–water partition coefficient (Wildman–Crippen LogP) is 4.23. The van der Waals surface area contributed by atoms with Crippen LogP contribution >= 0.6 is 7.60 Å². The first-order valence-electron chi connectivity index (χ1n) is 5.82. The molecule has 0 bridgehead atoms. The molecule has 0 spiro atoms. The summed E-state index contributed by atoms with van der Waals surface area (Å²) in [6, 6.07) is 9.69. The Balaban J connectivity index is 2.73. The van der Waals surface area contributed by atoms with Gasteiger partial charge < -0.3 is 9.05 Å². The number of hydrogen-bond acceptors (Lipinski definition) is 3. The molecule has 1 rings (SSSR count). The molecule has 1 unspecified atom stereocenters. The summed E-state index contributed by atoms with van der Waals surface area (Å²) in [7, 11) is -3.07. The third kappa shape index (κ3) is 3.95. The summed E-state index contributed by atoms with van der Waals surface area (Å²) >= 11 is 0. The minimum absolute atomic E-state index is 0.315. The van der Waals surface area contributed by atoms with Crippen LogP contribution in [0.25, 0.3) is 0 Å². The van der Waals surface area contributed by atoms with Crippen LogP contribution in [0.2, 0.25) is 0 Å². The van der Waals surface area contributed by atoms with E-state index in [1.165, 1.54) is 0 Å². The normalized spacial score (nSPS) is 15.5. The zero-order valence-electron chi connectivity index (χ0n) is 11.0. The largest absolute Gasteiger partial charge is 0.336 e. The van der Waals surface area contributed by atoms with Gasteiger partial charge in [-0.1, -0.05) is 30.3 Å². The summed E-state index contributed by atoms with van der Waals surface area (Å²) < 4.78 is 23.5. The van der Waals surface area contributed by atoms with E-state index >= 15 is 0 Å². The van der Waals surface area contributed by atoms with Gasteiger partial charge in [-0.05, 0) is 33.3 Å². The zero-order valence-corrected chi connectivity index (χ0v) is 11.9. The van der Waals surface area contributed by atoms with Crippen molar-refractivity contribution >= 4 is 7.60 Å². The van der Waals surface area contributed by atoms with Gasteiger partial charge in [0.15, 0.2) is 0 Å². The molecule has 0 amide bonds. The molecular formula is C13H21O3P. The first kappa shape index (κ1) is 14.4. The van der Waals surface area contributed by atoms with Gasteiger partial charge in [0, 0.05) is 0 Å². The average Bonchev–Trinajstić information content (AvgIpc) is 2.27. The molecule has 17 heavy (non-hydrogen) atoms. The van der Waals surface area contributed by atoms with Crippen LogP contribution in [0.15, 0.2) is 30.3 Å². The molecule has 0 heterocycles. The number of rotatable bonds is 5. The molecular weight excluding hydrogens is 235 g/mol. The Hall–Kier alpha value is -0.630. The van der Waals surface area contributed by atoms with Gasteiger partial charge in [0.1, 0.15) is 0 Å². The fourth-order valence-electron chi connectivity index (χ4n) is 1.33. The van der Waals surface area contributed by atoms with E-state index in [0.29, 0.717) is 13.2 Å². The minimum Gasteiger partial charge on any atom is -0.308 e. The summed E-state index contributed by atoms with van der Waals surface area (Å²) in [5, 5.41) is -0.502. The van der Waals surface area contributed by atoms with E-state index in [-0.39, 0.29) is 0 Å². The lowest BCUT2D eigenvalue weighted by Gasteiger charge is -2.29. The van der Waals surface area contributed by atoms with Crippen LogP contribution in [0.5, 0.6) is 0 Å². The van der Waals surface area contributed by atoms with Crippen molar-refractivity contribution in [2.24, 2.45) is 0 Å². The lowest BCUT2D eigenvalue weighted by atomic mass is 10.2. The molecule has 0 aliphatic heterocycles. The highest BCUT2D eigenvalue weighted by Gasteiger charge is 2.39. The fourth-order valence-corrected chi connectivity index (χ4v) is 2.84. The van der Waals surface area contributed by atoms with Crippen LogP contribution in [0.3, 0.4) is 0 Å². The topological polar surface area (TPSA) is 35.5 Å². The summed E-state index contributed by atoms with van der Waals surface area (Å²) in [4.78, 5) is 0. The second-order valence-electron chi connectivity index (χ2n) is 4.85. The summed E-state index contributed by atoms with van der Waals surface area (Å²) in [5.74, 6) is 0. The molecule has 0 radical (unpaired) electrons. The molecule has 1 aromatic carbocycles. The highest BCUT2D eigenvalue weighted by Crippen LogP contribution is 2.59. The molecule has 0 aromatic heterocycles. The average molecular weight is 256 g/mol. The Labute approximate surface area is 104 Å². The Morgan fingerprint density at radius 3 is 2.18 bits per heavy atom. The molecule has 0 fully saturated rings. The van der Waals surface area contributed by atoms with Crippen molar-refractivity contribution in [3.05, 3.63) is 35.9 Å². The van der Waals surface area contributed by atoms with Crippen molar-refractivity contribution in [2.75, 3.05) is 6.61 Å². The van der Waals surface area contributed by atoms with Gasteiger partial charge in [-0.25, -0.2) is 0 Å². The molecule has 4 heteroatoms. The quantitative estimate of drug-likeness (QED) is 0.739. The van der Waals surface area contributed by atoms with E-state index in [9.17, 15) is 4.57 Å². The van der Waals surface area contributed by atoms with Crippen molar-refractivity contribution in [3.8, 4) is 0 Å². The van der Waals surface area contributed by atoms with Crippen LogP contribution in [-0.4, -0.2) is 11.8 Å². The zero-order chi connectivity index (χ0) is 12.9. The molecule has 0 N–H and O–H groups in total. The van der Waals surface area contributed by atoms with Crippen LogP contribution in [0, 0.1) is 0 Å². The van der Waals surface area contributed by atoms with E-state index in [2.05, 4.69) is 0 Å². The molecule has 96 valence electrons. The molecule has 0 saturated carbocycles. The Bertz CT molecular complexity index is 381. The van der Waals surface area contributed by atoms with Gasteiger partial charge >= 0.3 is 7.60 Å². The molecule has 1 atom stereocenters. The highest BCUT2D eigenvalue weighted by atomic mass is 31.2. The van der Waals surface area contributed by atoms with Crippen LogP contribution < -0.4 is 0 Å². The SMILES string of the molecule is CCOP(=O)(OCc1ccccc1)C(C)(C)C. The summed E-state index contributed by atoms with van der Waals surface area (Å²) in [6.45, 7) is 8.14. The Morgan fingerprint density at radius 1 is 1.12 bits per heavy atom. The first-order chi connectivity index (χ1) is 7.89. The molecule has 3 nitrogen and oxygen atoms in total. The van der Waals surface area contributed by atoms with Crippen LogP contribution in [0.4, 0.5) is 0 Å².